The first-order chi connectivity index (χ1) is 7.79. The minimum Gasteiger partial charge on any atom is -0.330 e. The van der Waals surface area contributed by atoms with Crippen molar-refractivity contribution in [1.82, 2.24) is 10.2 Å². The zero-order valence-electron chi connectivity index (χ0n) is 9.35. The molecule has 0 amide bonds. The SMILES string of the molecule is Cc1ccc(-c2ccc(CCN)nn2)cc1. The Bertz CT molecular complexity index is 446. The van der Waals surface area contributed by atoms with Crippen molar-refractivity contribution in [3.05, 3.63) is 47.7 Å². The molecule has 0 radical (unpaired) electrons. The highest BCUT2D eigenvalue weighted by Crippen LogP contribution is 2.16. The number of aromatic nitrogens is 2. The van der Waals surface area contributed by atoms with Crippen LogP contribution in [-0.4, -0.2) is 16.7 Å². The molecule has 0 saturated carbocycles. The molecule has 0 saturated heterocycles. The van der Waals surface area contributed by atoms with Crippen molar-refractivity contribution in [3.8, 4) is 11.3 Å². The van der Waals surface area contributed by atoms with E-state index >= 15 is 0 Å². The maximum Gasteiger partial charge on any atom is 0.0929 e. The summed E-state index contributed by atoms with van der Waals surface area (Å²) in [6, 6.07) is 12.2. The fourth-order valence-electron chi connectivity index (χ4n) is 1.52. The van der Waals surface area contributed by atoms with Gasteiger partial charge in [0.15, 0.2) is 0 Å². The lowest BCUT2D eigenvalue weighted by molar-refractivity contribution is 0.869. The second-order valence-electron chi connectivity index (χ2n) is 3.81. The van der Waals surface area contributed by atoms with E-state index in [0.717, 1.165) is 23.4 Å². The van der Waals surface area contributed by atoms with Crippen LogP contribution < -0.4 is 5.73 Å². The number of hydrogen-bond acceptors (Lipinski definition) is 3. The number of nitrogens with two attached hydrogens (primary N) is 1. The Labute approximate surface area is 95.3 Å². The van der Waals surface area contributed by atoms with E-state index in [1.807, 2.05) is 12.1 Å². The van der Waals surface area contributed by atoms with Crippen molar-refractivity contribution in [2.24, 2.45) is 5.73 Å². The van der Waals surface area contributed by atoms with Gasteiger partial charge in [-0.25, -0.2) is 0 Å². The van der Waals surface area contributed by atoms with E-state index in [0.29, 0.717) is 6.54 Å². The van der Waals surface area contributed by atoms with Crippen LogP contribution in [0.3, 0.4) is 0 Å². The molecule has 0 bridgehead atoms. The maximum atomic E-state index is 5.46. The minimum absolute atomic E-state index is 0.610. The Morgan fingerprint density at radius 3 is 2.31 bits per heavy atom. The molecule has 0 spiro atoms. The van der Waals surface area contributed by atoms with E-state index < -0.39 is 0 Å². The lowest BCUT2D eigenvalue weighted by atomic mass is 10.1. The summed E-state index contributed by atoms with van der Waals surface area (Å²) < 4.78 is 0. The van der Waals surface area contributed by atoms with Gasteiger partial charge in [-0.15, -0.1) is 0 Å². The van der Waals surface area contributed by atoms with E-state index in [2.05, 4.69) is 41.4 Å². The average Bonchev–Trinajstić information content (AvgIpc) is 2.32. The molecule has 1 heterocycles. The Kier molecular flexibility index (Phi) is 3.27. The van der Waals surface area contributed by atoms with Gasteiger partial charge in [-0.1, -0.05) is 29.8 Å². The van der Waals surface area contributed by atoms with Crippen LogP contribution in [0, 0.1) is 6.92 Å². The van der Waals surface area contributed by atoms with Gasteiger partial charge in [0, 0.05) is 12.0 Å². The highest BCUT2D eigenvalue weighted by atomic mass is 15.1. The van der Waals surface area contributed by atoms with Crippen LogP contribution >= 0.6 is 0 Å². The molecule has 0 atom stereocenters. The van der Waals surface area contributed by atoms with Crippen molar-refractivity contribution in [2.45, 2.75) is 13.3 Å². The van der Waals surface area contributed by atoms with E-state index in [1.54, 1.807) is 0 Å². The van der Waals surface area contributed by atoms with Crippen LogP contribution in [0.1, 0.15) is 11.3 Å². The third kappa shape index (κ3) is 2.44. The number of benzene rings is 1. The Hall–Kier alpha value is -1.74. The third-order valence-corrected chi connectivity index (χ3v) is 2.47. The molecule has 0 aliphatic carbocycles. The molecule has 3 heteroatoms. The summed E-state index contributed by atoms with van der Waals surface area (Å²) in [4.78, 5) is 0. The predicted octanol–water partition coefficient (Wildman–Crippen LogP) is 1.95. The van der Waals surface area contributed by atoms with Gasteiger partial charge in [0.2, 0.25) is 0 Å². The average molecular weight is 213 g/mol. The number of rotatable bonds is 3. The largest absolute Gasteiger partial charge is 0.330 e. The first kappa shape index (κ1) is 10.8. The highest BCUT2D eigenvalue weighted by Gasteiger charge is 2.00. The van der Waals surface area contributed by atoms with Gasteiger partial charge in [-0.2, -0.15) is 10.2 Å². The monoisotopic (exact) mass is 213 g/mol. The second-order valence-corrected chi connectivity index (χ2v) is 3.81. The molecular weight excluding hydrogens is 198 g/mol. The predicted molar refractivity (Wildman–Crippen MR) is 65.0 cm³/mol. The van der Waals surface area contributed by atoms with Crippen LogP contribution in [0.5, 0.6) is 0 Å². The van der Waals surface area contributed by atoms with Crippen LogP contribution in [-0.2, 0) is 6.42 Å². The van der Waals surface area contributed by atoms with E-state index in [-0.39, 0.29) is 0 Å². The first-order valence-corrected chi connectivity index (χ1v) is 5.39. The van der Waals surface area contributed by atoms with Gasteiger partial charge in [0.1, 0.15) is 0 Å². The van der Waals surface area contributed by atoms with Gasteiger partial charge in [0.25, 0.3) is 0 Å². The van der Waals surface area contributed by atoms with E-state index in [4.69, 9.17) is 5.73 Å². The Morgan fingerprint density at radius 1 is 1.00 bits per heavy atom. The minimum atomic E-state index is 0.610. The zero-order valence-corrected chi connectivity index (χ0v) is 9.35. The summed E-state index contributed by atoms with van der Waals surface area (Å²) in [5, 5.41) is 8.33. The Morgan fingerprint density at radius 2 is 1.75 bits per heavy atom. The molecule has 1 aromatic carbocycles. The summed E-state index contributed by atoms with van der Waals surface area (Å²) >= 11 is 0. The summed E-state index contributed by atoms with van der Waals surface area (Å²) in [5.74, 6) is 0. The van der Waals surface area contributed by atoms with Crippen LogP contribution in [0.25, 0.3) is 11.3 Å². The van der Waals surface area contributed by atoms with Crippen LogP contribution in [0.4, 0.5) is 0 Å². The standard InChI is InChI=1S/C13H15N3/c1-10-2-4-11(5-3-10)13-7-6-12(8-9-14)15-16-13/h2-7H,8-9,14H2,1H3. The molecule has 2 aromatic rings. The summed E-state index contributed by atoms with van der Waals surface area (Å²) in [5.41, 5.74) is 9.65. The number of nitrogens with zero attached hydrogens (tertiary/aromatic N) is 2. The second kappa shape index (κ2) is 4.86. The molecule has 0 aliphatic heterocycles. The zero-order chi connectivity index (χ0) is 11.4. The topological polar surface area (TPSA) is 51.8 Å². The van der Waals surface area contributed by atoms with E-state index in [9.17, 15) is 0 Å². The smallest absolute Gasteiger partial charge is 0.0929 e. The molecule has 2 rings (SSSR count). The summed E-state index contributed by atoms with van der Waals surface area (Å²) in [6.07, 6.45) is 0.779. The molecule has 2 N–H and O–H groups in total. The van der Waals surface area contributed by atoms with Gasteiger partial charge in [0.05, 0.1) is 11.4 Å². The summed E-state index contributed by atoms with van der Waals surface area (Å²) in [6.45, 7) is 2.68. The molecule has 0 fully saturated rings. The molecule has 0 unspecified atom stereocenters. The highest BCUT2D eigenvalue weighted by molar-refractivity contribution is 5.58. The van der Waals surface area contributed by atoms with Crippen molar-refractivity contribution >= 4 is 0 Å². The van der Waals surface area contributed by atoms with Crippen molar-refractivity contribution < 1.29 is 0 Å². The molecule has 16 heavy (non-hydrogen) atoms. The van der Waals surface area contributed by atoms with Gasteiger partial charge in [-0.05, 0) is 25.6 Å². The van der Waals surface area contributed by atoms with Gasteiger partial charge >= 0.3 is 0 Å². The third-order valence-electron chi connectivity index (χ3n) is 2.47. The van der Waals surface area contributed by atoms with Crippen molar-refractivity contribution in [1.29, 1.82) is 0 Å². The fourth-order valence-corrected chi connectivity index (χ4v) is 1.52. The molecule has 0 aliphatic rings. The van der Waals surface area contributed by atoms with Crippen molar-refractivity contribution in [3.63, 3.8) is 0 Å². The number of aryl methyl sites for hydroxylation is 1. The fraction of sp³-hybridized carbons (Fsp3) is 0.231. The summed E-state index contributed by atoms with van der Waals surface area (Å²) in [7, 11) is 0. The molecule has 82 valence electrons. The maximum absolute atomic E-state index is 5.46. The first-order valence-electron chi connectivity index (χ1n) is 5.39. The molecular formula is C13H15N3. The van der Waals surface area contributed by atoms with Gasteiger partial charge < -0.3 is 5.73 Å². The lowest BCUT2D eigenvalue weighted by Gasteiger charge is -2.02. The lowest BCUT2D eigenvalue weighted by Crippen LogP contribution is -2.05. The Balaban J connectivity index is 2.24. The normalized spacial score (nSPS) is 10.4. The van der Waals surface area contributed by atoms with Crippen molar-refractivity contribution in [2.75, 3.05) is 6.54 Å². The molecule has 3 nitrogen and oxygen atoms in total. The van der Waals surface area contributed by atoms with Crippen LogP contribution in [0.15, 0.2) is 36.4 Å². The number of hydrogen-bond donors (Lipinski definition) is 1. The van der Waals surface area contributed by atoms with Gasteiger partial charge in [-0.3, -0.25) is 0 Å². The molecule has 1 aromatic heterocycles. The van der Waals surface area contributed by atoms with Crippen LogP contribution in [0.2, 0.25) is 0 Å². The van der Waals surface area contributed by atoms with E-state index in [1.165, 1.54) is 5.56 Å². The quantitative estimate of drug-likeness (QED) is 0.847.